The van der Waals surface area contributed by atoms with Crippen molar-refractivity contribution >= 4 is 33.5 Å². The molecule has 0 spiro atoms. The summed E-state index contributed by atoms with van der Waals surface area (Å²) in [6.45, 7) is 6.34. The van der Waals surface area contributed by atoms with Gasteiger partial charge < -0.3 is 14.5 Å². The van der Waals surface area contributed by atoms with Crippen LogP contribution in [0.1, 0.15) is 35.9 Å². The molecule has 4 aromatic rings. The van der Waals surface area contributed by atoms with Gasteiger partial charge in [-0.2, -0.15) is 0 Å². The van der Waals surface area contributed by atoms with Crippen LogP contribution in [0.2, 0.25) is 0 Å². The number of para-hydroxylation sites is 2. The van der Waals surface area contributed by atoms with Crippen LogP contribution in [0.3, 0.4) is 0 Å². The summed E-state index contributed by atoms with van der Waals surface area (Å²) in [5.41, 5.74) is 5.96. The van der Waals surface area contributed by atoms with Crippen molar-refractivity contribution in [2.45, 2.75) is 26.8 Å². The third-order valence-electron chi connectivity index (χ3n) is 5.03. The number of aryl methyl sites for hydroxylation is 2. The van der Waals surface area contributed by atoms with E-state index in [1.165, 1.54) is 10.9 Å². The number of hydrogen-bond donors (Lipinski definition) is 1. The maximum Gasteiger partial charge on any atom is 0.272 e. The first-order chi connectivity index (χ1) is 12.5. The minimum Gasteiger partial charge on any atom is -0.338 e. The molecule has 0 aliphatic rings. The van der Waals surface area contributed by atoms with Crippen LogP contribution in [0.4, 0.5) is 5.69 Å². The lowest BCUT2D eigenvalue weighted by Gasteiger charge is -2.11. The number of hydrogen-bond acceptors (Lipinski definition) is 1. The minimum absolute atomic E-state index is 0.0858. The average molecular weight is 345 g/mol. The number of benzene rings is 2. The summed E-state index contributed by atoms with van der Waals surface area (Å²) < 4.78 is 4.30. The fourth-order valence-corrected chi connectivity index (χ4v) is 3.78. The summed E-state index contributed by atoms with van der Waals surface area (Å²) in [6, 6.07) is 18.5. The quantitative estimate of drug-likeness (QED) is 0.539. The lowest BCUT2D eigenvalue weighted by atomic mass is 10.2. The number of rotatable bonds is 3. The van der Waals surface area contributed by atoms with Crippen molar-refractivity contribution in [3.05, 3.63) is 65.9 Å². The first-order valence-electron chi connectivity index (χ1n) is 8.94. The summed E-state index contributed by atoms with van der Waals surface area (Å²) >= 11 is 0. The number of nitrogens with zero attached hydrogens (tertiary/aromatic N) is 2. The molecule has 0 atom stereocenters. The highest BCUT2D eigenvalue weighted by atomic mass is 16.1. The van der Waals surface area contributed by atoms with Gasteiger partial charge >= 0.3 is 0 Å². The van der Waals surface area contributed by atoms with Gasteiger partial charge in [0, 0.05) is 24.2 Å². The second-order valence-electron chi connectivity index (χ2n) is 7.07. The van der Waals surface area contributed by atoms with Gasteiger partial charge in [0.25, 0.3) is 5.91 Å². The summed E-state index contributed by atoms with van der Waals surface area (Å²) in [7, 11) is 1.96. The molecule has 1 amide bonds. The van der Waals surface area contributed by atoms with Crippen molar-refractivity contribution in [3.8, 4) is 0 Å². The molecular formula is C22H23N3O. The van der Waals surface area contributed by atoms with Crippen LogP contribution in [0, 0.1) is 6.92 Å². The molecule has 0 bridgehead atoms. The van der Waals surface area contributed by atoms with Gasteiger partial charge in [-0.1, -0.05) is 36.4 Å². The third kappa shape index (κ3) is 2.41. The van der Waals surface area contributed by atoms with E-state index in [0.717, 1.165) is 22.3 Å². The van der Waals surface area contributed by atoms with Crippen LogP contribution >= 0.6 is 0 Å². The van der Waals surface area contributed by atoms with Crippen molar-refractivity contribution in [2.75, 3.05) is 5.32 Å². The van der Waals surface area contributed by atoms with Gasteiger partial charge in [-0.3, -0.25) is 4.79 Å². The Morgan fingerprint density at radius 3 is 2.42 bits per heavy atom. The molecule has 4 heteroatoms. The topological polar surface area (TPSA) is 39.0 Å². The average Bonchev–Trinajstić information content (AvgIpc) is 3.11. The molecule has 2 heterocycles. The summed E-state index contributed by atoms with van der Waals surface area (Å²) in [5.74, 6) is -0.0858. The molecule has 0 unspecified atom stereocenters. The molecule has 2 aromatic carbocycles. The van der Waals surface area contributed by atoms with E-state index in [-0.39, 0.29) is 5.91 Å². The molecule has 4 rings (SSSR count). The number of carbonyl (C=O) groups excluding carboxylic acids is 1. The van der Waals surface area contributed by atoms with E-state index in [2.05, 4.69) is 41.9 Å². The molecular weight excluding hydrogens is 322 g/mol. The second-order valence-corrected chi connectivity index (χ2v) is 7.07. The lowest BCUT2D eigenvalue weighted by Crippen LogP contribution is -2.16. The van der Waals surface area contributed by atoms with Crippen LogP contribution in [0.15, 0.2) is 54.6 Å². The number of fused-ring (bicyclic) bond motifs is 3. The van der Waals surface area contributed by atoms with Gasteiger partial charge in [0.15, 0.2) is 0 Å². The van der Waals surface area contributed by atoms with Gasteiger partial charge in [-0.15, -0.1) is 0 Å². The normalized spacial score (nSPS) is 11.6. The molecule has 0 fully saturated rings. The predicted octanol–water partition coefficient (Wildman–Crippen LogP) is 5.27. The highest BCUT2D eigenvalue weighted by Crippen LogP contribution is 2.33. The van der Waals surface area contributed by atoms with Crippen molar-refractivity contribution in [3.63, 3.8) is 0 Å². The molecule has 132 valence electrons. The smallest absolute Gasteiger partial charge is 0.272 e. The molecule has 1 N–H and O–H groups in total. The Morgan fingerprint density at radius 1 is 1.00 bits per heavy atom. The van der Waals surface area contributed by atoms with Crippen LogP contribution in [0.25, 0.3) is 21.9 Å². The SMILES string of the molecule is Cc1ccccc1NC(=O)c1cc2c(c3ccccc3n2C(C)C)n1C. The van der Waals surface area contributed by atoms with Crippen LogP contribution < -0.4 is 5.32 Å². The molecule has 26 heavy (non-hydrogen) atoms. The number of amides is 1. The largest absolute Gasteiger partial charge is 0.338 e. The van der Waals surface area contributed by atoms with E-state index in [0.29, 0.717) is 11.7 Å². The van der Waals surface area contributed by atoms with Gasteiger partial charge in [-0.05, 0) is 44.5 Å². The van der Waals surface area contributed by atoms with E-state index in [1.54, 1.807) is 0 Å². The van der Waals surface area contributed by atoms with Gasteiger partial charge in [0.2, 0.25) is 0 Å². The first kappa shape index (κ1) is 16.5. The maximum atomic E-state index is 12.9. The first-order valence-corrected chi connectivity index (χ1v) is 8.94. The van der Waals surface area contributed by atoms with Crippen molar-refractivity contribution < 1.29 is 4.79 Å². The van der Waals surface area contributed by atoms with Gasteiger partial charge in [0.1, 0.15) is 5.69 Å². The Labute approximate surface area is 153 Å². The molecule has 0 aliphatic carbocycles. The highest BCUT2D eigenvalue weighted by Gasteiger charge is 2.21. The number of carbonyl (C=O) groups is 1. The molecule has 0 saturated carbocycles. The van der Waals surface area contributed by atoms with Crippen molar-refractivity contribution in [2.24, 2.45) is 7.05 Å². The summed E-state index contributed by atoms with van der Waals surface area (Å²) in [4.78, 5) is 12.9. The number of aromatic nitrogens is 2. The predicted molar refractivity (Wildman–Crippen MR) is 108 cm³/mol. The van der Waals surface area contributed by atoms with Crippen LogP contribution in [-0.2, 0) is 7.05 Å². The lowest BCUT2D eigenvalue weighted by molar-refractivity contribution is 0.101. The molecule has 0 radical (unpaired) electrons. The number of nitrogens with one attached hydrogen (secondary N) is 1. The van der Waals surface area contributed by atoms with E-state index in [1.807, 2.05) is 54.9 Å². The zero-order chi connectivity index (χ0) is 18.4. The molecule has 0 aliphatic heterocycles. The Balaban J connectivity index is 1.87. The standard InChI is InChI=1S/C22H23N3O/c1-14(2)25-18-12-8-6-10-16(18)21-19(25)13-20(24(21)4)22(26)23-17-11-7-5-9-15(17)3/h5-14H,1-4H3,(H,23,26). The molecule has 0 saturated heterocycles. The third-order valence-corrected chi connectivity index (χ3v) is 5.03. The Kier molecular flexibility index (Phi) is 3.83. The zero-order valence-electron chi connectivity index (χ0n) is 15.6. The van der Waals surface area contributed by atoms with Crippen LogP contribution in [0.5, 0.6) is 0 Å². The monoisotopic (exact) mass is 345 g/mol. The van der Waals surface area contributed by atoms with Crippen molar-refractivity contribution in [1.82, 2.24) is 9.13 Å². The van der Waals surface area contributed by atoms with Gasteiger partial charge in [-0.25, -0.2) is 0 Å². The molecule has 4 nitrogen and oxygen atoms in total. The van der Waals surface area contributed by atoms with E-state index < -0.39 is 0 Å². The van der Waals surface area contributed by atoms with E-state index >= 15 is 0 Å². The second kappa shape index (κ2) is 6.06. The summed E-state index contributed by atoms with van der Waals surface area (Å²) in [5, 5.41) is 4.22. The minimum atomic E-state index is -0.0858. The van der Waals surface area contributed by atoms with Gasteiger partial charge in [0.05, 0.1) is 16.6 Å². The zero-order valence-corrected chi connectivity index (χ0v) is 15.6. The molecule has 2 aromatic heterocycles. The van der Waals surface area contributed by atoms with Crippen LogP contribution in [-0.4, -0.2) is 15.0 Å². The fourth-order valence-electron chi connectivity index (χ4n) is 3.78. The summed E-state index contributed by atoms with van der Waals surface area (Å²) in [6.07, 6.45) is 0. The number of anilines is 1. The Bertz CT molecular complexity index is 1130. The Morgan fingerprint density at radius 2 is 1.69 bits per heavy atom. The highest BCUT2D eigenvalue weighted by molar-refractivity contribution is 6.12. The Hall–Kier alpha value is -3.01. The fraction of sp³-hybridized carbons (Fsp3) is 0.227. The van der Waals surface area contributed by atoms with Crippen molar-refractivity contribution in [1.29, 1.82) is 0 Å². The van der Waals surface area contributed by atoms with E-state index in [4.69, 9.17) is 0 Å². The maximum absolute atomic E-state index is 12.9. The van der Waals surface area contributed by atoms with E-state index in [9.17, 15) is 4.79 Å².